The molecule has 1 saturated heterocycles. The fourth-order valence-electron chi connectivity index (χ4n) is 4.60. The first kappa shape index (κ1) is 22.7. The van der Waals surface area contributed by atoms with Crippen molar-refractivity contribution in [2.45, 2.75) is 43.0 Å². The van der Waals surface area contributed by atoms with Crippen LogP contribution in [0.5, 0.6) is 0 Å². The van der Waals surface area contributed by atoms with Crippen molar-refractivity contribution in [3.8, 4) is 0 Å². The first-order chi connectivity index (χ1) is 15.4. The van der Waals surface area contributed by atoms with Crippen molar-refractivity contribution >= 4 is 21.6 Å². The van der Waals surface area contributed by atoms with Gasteiger partial charge < -0.3 is 9.80 Å². The maximum absolute atomic E-state index is 13.2. The molecule has 0 N–H and O–H groups in total. The molecule has 0 unspecified atom stereocenters. The third kappa shape index (κ3) is 4.81. The molecule has 6 nitrogen and oxygen atoms in total. The molecule has 2 aliphatic rings. The number of rotatable bonds is 5. The van der Waals surface area contributed by atoms with Gasteiger partial charge in [0.25, 0.3) is 5.91 Å². The molecule has 2 aromatic carbocycles. The number of sulfonamides is 1. The lowest BCUT2D eigenvalue weighted by Gasteiger charge is -2.36. The molecule has 172 valence electrons. The van der Waals surface area contributed by atoms with Gasteiger partial charge in [0.15, 0.2) is 0 Å². The average Bonchev–Trinajstić information content (AvgIpc) is 2.84. The Labute approximate surface area is 189 Å². The van der Waals surface area contributed by atoms with E-state index in [0.717, 1.165) is 37.8 Å². The Hall–Kier alpha value is -2.45. The number of halogens is 1. The summed E-state index contributed by atoms with van der Waals surface area (Å²) in [4.78, 5) is 17.1. The average molecular weight is 460 g/mol. The molecule has 32 heavy (non-hydrogen) atoms. The maximum Gasteiger partial charge on any atom is 0.254 e. The maximum atomic E-state index is 13.2. The van der Waals surface area contributed by atoms with Crippen LogP contribution in [0.3, 0.4) is 0 Å². The van der Waals surface area contributed by atoms with Crippen LogP contribution in [-0.2, 0) is 10.0 Å². The summed E-state index contributed by atoms with van der Waals surface area (Å²) >= 11 is 0. The molecule has 0 aromatic heterocycles. The van der Waals surface area contributed by atoms with E-state index < -0.39 is 10.0 Å². The Morgan fingerprint density at radius 3 is 2.28 bits per heavy atom. The number of hydrogen-bond donors (Lipinski definition) is 0. The first-order valence-corrected chi connectivity index (χ1v) is 12.7. The summed E-state index contributed by atoms with van der Waals surface area (Å²) in [6.07, 6.45) is 5.02. The van der Waals surface area contributed by atoms with Crippen LogP contribution in [0.2, 0.25) is 0 Å². The van der Waals surface area contributed by atoms with E-state index in [9.17, 15) is 17.6 Å². The van der Waals surface area contributed by atoms with Gasteiger partial charge >= 0.3 is 0 Å². The lowest BCUT2D eigenvalue weighted by Crippen LogP contribution is -2.48. The summed E-state index contributed by atoms with van der Waals surface area (Å²) in [5.74, 6) is -0.437. The molecule has 1 heterocycles. The Bertz CT molecular complexity index is 1040. The van der Waals surface area contributed by atoms with Gasteiger partial charge in [-0.25, -0.2) is 12.8 Å². The molecular formula is C24H30FN3O3S. The lowest BCUT2D eigenvalue weighted by molar-refractivity contribution is 0.0746. The highest BCUT2D eigenvalue weighted by Crippen LogP contribution is 2.27. The van der Waals surface area contributed by atoms with Gasteiger partial charge in [0.1, 0.15) is 5.82 Å². The molecule has 1 aliphatic carbocycles. The van der Waals surface area contributed by atoms with Crippen molar-refractivity contribution in [1.82, 2.24) is 9.21 Å². The fraction of sp³-hybridized carbons (Fsp3) is 0.458. The van der Waals surface area contributed by atoms with Crippen LogP contribution < -0.4 is 4.90 Å². The van der Waals surface area contributed by atoms with Crippen molar-refractivity contribution in [3.63, 3.8) is 0 Å². The predicted molar refractivity (Wildman–Crippen MR) is 123 cm³/mol. The Morgan fingerprint density at radius 1 is 0.969 bits per heavy atom. The zero-order valence-corrected chi connectivity index (χ0v) is 19.2. The van der Waals surface area contributed by atoms with Crippen LogP contribution >= 0.6 is 0 Å². The highest BCUT2D eigenvalue weighted by Gasteiger charge is 2.30. The molecule has 2 aromatic rings. The quantitative estimate of drug-likeness (QED) is 0.684. The Balaban J connectivity index is 1.44. The van der Waals surface area contributed by atoms with E-state index in [4.69, 9.17) is 0 Å². The topological polar surface area (TPSA) is 60.9 Å². The second-order valence-corrected chi connectivity index (χ2v) is 10.6. The Morgan fingerprint density at radius 2 is 1.62 bits per heavy atom. The predicted octanol–water partition coefficient (Wildman–Crippen LogP) is 3.74. The van der Waals surface area contributed by atoms with Gasteiger partial charge in [0.2, 0.25) is 10.0 Å². The zero-order valence-electron chi connectivity index (χ0n) is 18.4. The normalized spacial score (nSPS) is 18.2. The van der Waals surface area contributed by atoms with Crippen LogP contribution in [0.25, 0.3) is 0 Å². The highest BCUT2D eigenvalue weighted by molar-refractivity contribution is 7.89. The van der Waals surface area contributed by atoms with E-state index >= 15 is 0 Å². The number of anilines is 1. The number of amides is 1. The molecule has 2 fully saturated rings. The van der Waals surface area contributed by atoms with Crippen molar-refractivity contribution < 1.29 is 17.6 Å². The minimum Gasteiger partial charge on any atom is -0.368 e. The Kier molecular flexibility index (Phi) is 6.81. The highest BCUT2D eigenvalue weighted by atomic mass is 32.2. The van der Waals surface area contributed by atoms with E-state index in [1.807, 2.05) is 0 Å². The minimum absolute atomic E-state index is 0.0210. The molecule has 0 bridgehead atoms. The van der Waals surface area contributed by atoms with Crippen molar-refractivity contribution in [3.05, 3.63) is 59.9 Å². The first-order valence-electron chi connectivity index (χ1n) is 11.2. The van der Waals surface area contributed by atoms with Gasteiger partial charge in [-0.2, -0.15) is 4.31 Å². The minimum atomic E-state index is -3.65. The van der Waals surface area contributed by atoms with E-state index in [1.54, 1.807) is 42.3 Å². The second kappa shape index (κ2) is 9.58. The standard InChI is InChI=1S/C24H30FN3O3S/c1-26(21-7-3-2-4-8-21)32(30,31)23-9-5-6-19(18-23)24(29)28-16-14-27(15-17-28)22-12-10-20(25)11-13-22/h5-6,9-13,18,21H,2-4,7-8,14-17H2,1H3. The summed E-state index contributed by atoms with van der Waals surface area (Å²) in [6, 6.07) is 12.8. The van der Waals surface area contributed by atoms with Gasteiger partial charge in [-0.3, -0.25) is 4.79 Å². The van der Waals surface area contributed by atoms with Crippen LogP contribution in [-0.4, -0.2) is 62.8 Å². The molecule has 0 radical (unpaired) electrons. The molecule has 4 rings (SSSR count). The molecule has 1 saturated carbocycles. The van der Waals surface area contributed by atoms with Crippen molar-refractivity contribution in [2.24, 2.45) is 0 Å². The summed E-state index contributed by atoms with van der Waals surface area (Å²) in [7, 11) is -2.00. The summed E-state index contributed by atoms with van der Waals surface area (Å²) < 4.78 is 41.0. The van der Waals surface area contributed by atoms with E-state index in [-0.39, 0.29) is 22.7 Å². The molecule has 0 spiro atoms. The van der Waals surface area contributed by atoms with Gasteiger partial charge in [-0.15, -0.1) is 0 Å². The number of hydrogen-bond acceptors (Lipinski definition) is 4. The van der Waals surface area contributed by atoms with E-state index in [1.165, 1.54) is 22.5 Å². The van der Waals surface area contributed by atoms with Crippen LogP contribution in [0.4, 0.5) is 10.1 Å². The van der Waals surface area contributed by atoms with Crippen LogP contribution in [0.1, 0.15) is 42.5 Å². The van der Waals surface area contributed by atoms with Crippen LogP contribution in [0.15, 0.2) is 53.4 Å². The van der Waals surface area contributed by atoms with Gasteiger partial charge in [0, 0.05) is 50.5 Å². The summed E-state index contributed by atoms with van der Waals surface area (Å²) in [5.41, 5.74) is 1.32. The summed E-state index contributed by atoms with van der Waals surface area (Å²) in [5, 5.41) is 0. The van der Waals surface area contributed by atoms with Gasteiger partial charge in [-0.1, -0.05) is 25.3 Å². The molecule has 1 aliphatic heterocycles. The smallest absolute Gasteiger partial charge is 0.254 e. The zero-order chi connectivity index (χ0) is 22.7. The van der Waals surface area contributed by atoms with Crippen molar-refractivity contribution in [2.75, 3.05) is 38.1 Å². The number of benzene rings is 2. The lowest BCUT2D eigenvalue weighted by atomic mass is 9.96. The third-order valence-electron chi connectivity index (χ3n) is 6.61. The largest absolute Gasteiger partial charge is 0.368 e. The number of nitrogens with zero attached hydrogens (tertiary/aromatic N) is 3. The molecule has 8 heteroatoms. The fourth-order valence-corrected chi connectivity index (χ4v) is 6.06. The second-order valence-electron chi connectivity index (χ2n) is 8.60. The van der Waals surface area contributed by atoms with Gasteiger partial charge in [0.05, 0.1) is 4.90 Å². The molecule has 1 amide bonds. The number of piperazine rings is 1. The van der Waals surface area contributed by atoms with E-state index in [2.05, 4.69) is 4.90 Å². The number of carbonyl (C=O) groups is 1. The number of carbonyl (C=O) groups excluding carboxylic acids is 1. The van der Waals surface area contributed by atoms with Crippen LogP contribution in [0, 0.1) is 5.82 Å². The third-order valence-corrected chi connectivity index (χ3v) is 8.51. The summed E-state index contributed by atoms with van der Waals surface area (Å²) in [6.45, 7) is 2.32. The SMILES string of the molecule is CN(C1CCCCC1)S(=O)(=O)c1cccc(C(=O)N2CCN(c3ccc(F)cc3)CC2)c1. The van der Waals surface area contributed by atoms with E-state index in [0.29, 0.717) is 31.7 Å². The monoisotopic (exact) mass is 459 g/mol. The molecule has 0 atom stereocenters. The molecular weight excluding hydrogens is 429 g/mol. The van der Waals surface area contributed by atoms with Gasteiger partial charge in [-0.05, 0) is 55.3 Å². The van der Waals surface area contributed by atoms with Crippen molar-refractivity contribution in [1.29, 1.82) is 0 Å².